The standard InChI is InChI=1S/C18H18Cl2N4O3/c1-17(9-21,10-3-4-10)22-14(25)8-24-15(26)18(2,23-16(24)27)12-6-5-11(19)7-13(12)20/h5-7,10H,3-4,8H2,1-2H3,(H,22,25)(H,23,27)/t17-,18+/m0/s1. The molecule has 0 unspecified atom stereocenters. The Morgan fingerprint density at radius 1 is 1.44 bits per heavy atom. The molecular weight excluding hydrogens is 391 g/mol. The number of carbonyl (C=O) groups excluding carboxylic acids is 3. The molecule has 2 aliphatic rings. The van der Waals surface area contributed by atoms with Crippen molar-refractivity contribution < 1.29 is 14.4 Å². The summed E-state index contributed by atoms with van der Waals surface area (Å²) in [5, 5.41) is 15.2. The minimum atomic E-state index is -1.41. The summed E-state index contributed by atoms with van der Waals surface area (Å²) >= 11 is 12.1. The number of nitriles is 1. The molecule has 2 atom stereocenters. The Morgan fingerprint density at radius 3 is 2.67 bits per heavy atom. The molecule has 1 aromatic carbocycles. The van der Waals surface area contributed by atoms with Gasteiger partial charge in [-0.2, -0.15) is 5.26 Å². The molecule has 1 aliphatic heterocycles. The topological polar surface area (TPSA) is 102 Å². The van der Waals surface area contributed by atoms with Gasteiger partial charge in [0.25, 0.3) is 5.91 Å². The maximum atomic E-state index is 12.9. The quantitative estimate of drug-likeness (QED) is 0.730. The molecule has 0 bridgehead atoms. The van der Waals surface area contributed by atoms with Crippen LogP contribution in [0.2, 0.25) is 10.0 Å². The molecule has 3 rings (SSSR count). The summed E-state index contributed by atoms with van der Waals surface area (Å²) in [6, 6.07) is 6.01. The molecule has 1 aliphatic carbocycles. The van der Waals surface area contributed by atoms with Crippen LogP contribution in [0, 0.1) is 17.2 Å². The third-order valence-electron chi connectivity index (χ3n) is 5.07. The van der Waals surface area contributed by atoms with Crippen LogP contribution in [0.1, 0.15) is 32.3 Å². The zero-order valence-corrected chi connectivity index (χ0v) is 16.3. The molecule has 0 radical (unpaired) electrons. The minimum absolute atomic E-state index is 0.0905. The first-order valence-corrected chi connectivity index (χ1v) is 9.18. The maximum absolute atomic E-state index is 12.9. The Kier molecular flexibility index (Phi) is 4.83. The van der Waals surface area contributed by atoms with Crippen LogP contribution in [-0.2, 0) is 15.1 Å². The Morgan fingerprint density at radius 2 is 2.11 bits per heavy atom. The van der Waals surface area contributed by atoms with Crippen molar-refractivity contribution in [3.63, 3.8) is 0 Å². The number of benzene rings is 1. The highest BCUT2D eigenvalue weighted by Gasteiger charge is 2.51. The summed E-state index contributed by atoms with van der Waals surface area (Å²) in [4.78, 5) is 38.4. The van der Waals surface area contributed by atoms with E-state index in [-0.39, 0.29) is 10.9 Å². The molecule has 1 saturated carbocycles. The Hall–Kier alpha value is -2.30. The third-order valence-corrected chi connectivity index (χ3v) is 5.62. The molecule has 4 amide bonds. The number of rotatable bonds is 5. The van der Waals surface area contributed by atoms with E-state index in [1.807, 2.05) is 0 Å². The van der Waals surface area contributed by atoms with Gasteiger partial charge < -0.3 is 10.6 Å². The van der Waals surface area contributed by atoms with E-state index in [4.69, 9.17) is 23.2 Å². The van der Waals surface area contributed by atoms with E-state index in [1.165, 1.54) is 13.0 Å². The van der Waals surface area contributed by atoms with E-state index >= 15 is 0 Å². The molecule has 7 nitrogen and oxygen atoms in total. The van der Waals surface area contributed by atoms with Crippen molar-refractivity contribution >= 4 is 41.0 Å². The van der Waals surface area contributed by atoms with Crippen molar-refractivity contribution in [1.29, 1.82) is 5.26 Å². The van der Waals surface area contributed by atoms with E-state index < -0.39 is 35.5 Å². The van der Waals surface area contributed by atoms with Gasteiger partial charge >= 0.3 is 6.03 Å². The van der Waals surface area contributed by atoms with Crippen LogP contribution in [0.4, 0.5) is 4.79 Å². The number of carbonyl (C=O) groups is 3. The summed E-state index contributed by atoms with van der Waals surface area (Å²) in [6.07, 6.45) is 1.72. The number of hydrogen-bond donors (Lipinski definition) is 2. The van der Waals surface area contributed by atoms with E-state index in [0.29, 0.717) is 10.6 Å². The fourth-order valence-corrected chi connectivity index (χ4v) is 3.87. The fraction of sp³-hybridized carbons (Fsp3) is 0.444. The highest BCUT2D eigenvalue weighted by atomic mass is 35.5. The molecule has 1 saturated heterocycles. The Bertz CT molecular complexity index is 880. The zero-order chi connectivity index (χ0) is 20.0. The van der Waals surface area contributed by atoms with E-state index in [1.54, 1.807) is 19.1 Å². The summed E-state index contributed by atoms with van der Waals surface area (Å²) in [6.45, 7) is 2.69. The molecule has 142 valence electrons. The first kappa shape index (κ1) is 19.5. The summed E-state index contributed by atoms with van der Waals surface area (Å²) in [5.74, 6) is -1.08. The van der Waals surface area contributed by atoms with Gasteiger partial charge in [-0.1, -0.05) is 29.3 Å². The second-order valence-corrected chi connectivity index (χ2v) is 8.05. The number of urea groups is 1. The molecule has 2 fully saturated rings. The third kappa shape index (κ3) is 3.47. The largest absolute Gasteiger partial charge is 0.336 e. The highest BCUT2D eigenvalue weighted by molar-refractivity contribution is 6.35. The number of imide groups is 1. The fourth-order valence-electron chi connectivity index (χ4n) is 3.27. The average Bonchev–Trinajstić information content (AvgIpc) is 3.41. The number of hydrogen-bond acceptors (Lipinski definition) is 4. The van der Waals surface area contributed by atoms with Crippen LogP contribution in [0.5, 0.6) is 0 Å². The predicted octanol–water partition coefficient (Wildman–Crippen LogP) is 2.57. The van der Waals surface area contributed by atoms with Crippen LogP contribution < -0.4 is 10.6 Å². The van der Waals surface area contributed by atoms with Gasteiger partial charge in [-0.25, -0.2) is 4.79 Å². The number of nitrogens with one attached hydrogen (secondary N) is 2. The van der Waals surface area contributed by atoms with Gasteiger partial charge in [0, 0.05) is 15.6 Å². The first-order valence-electron chi connectivity index (χ1n) is 8.42. The summed E-state index contributed by atoms with van der Waals surface area (Å²) in [5.41, 5.74) is -2.03. The monoisotopic (exact) mass is 408 g/mol. The maximum Gasteiger partial charge on any atom is 0.325 e. The minimum Gasteiger partial charge on any atom is -0.336 e. The van der Waals surface area contributed by atoms with Gasteiger partial charge in [-0.3, -0.25) is 14.5 Å². The number of nitrogens with zero attached hydrogens (tertiary/aromatic N) is 2. The van der Waals surface area contributed by atoms with E-state index in [2.05, 4.69) is 16.7 Å². The van der Waals surface area contributed by atoms with Crippen molar-refractivity contribution in [1.82, 2.24) is 15.5 Å². The van der Waals surface area contributed by atoms with Crippen LogP contribution in [0.15, 0.2) is 18.2 Å². The molecule has 9 heteroatoms. The summed E-state index contributed by atoms with van der Waals surface area (Å²) < 4.78 is 0. The van der Waals surface area contributed by atoms with Gasteiger partial charge in [0.05, 0.1) is 6.07 Å². The second kappa shape index (κ2) is 6.70. The lowest BCUT2D eigenvalue weighted by atomic mass is 9.92. The Balaban J connectivity index is 1.78. The zero-order valence-electron chi connectivity index (χ0n) is 14.8. The lowest BCUT2D eigenvalue weighted by Gasteiger charge is -2.25. The smallest absolute Gasteiger partial charge is 0.325 e. The lowest BCUT2D eigenvalue weighted by Crippen LogP contribution is -2.51. The number of amides is 4. The molecule has 0 spiro atoms. The normalized spacial score (nSPS) is 24.2. The van der Waals surface area contributed by atoms with Crippen molar-refractivity contribution in [3.05, 3.63) is 33.8 Å². The van der Waals surface area contributed by atoms with Crippen LogP contribution in [0.25, 0.3) is 0 Å². The molecule has 0 aromatic heterocycles. The van der Waals surface area contributed by atoms with Gasteiger partial charge in [-0.05, 0) is 44.7 Å². The van der Waals surface area contributed by atoms with Crippen LogP contribution in [-0.4, -0.2) is 34.8 Å². The van der Waals surface area contributed by atoms with Gasteiger partial charge in [0.1, 0.15) is 17.6 Å². The van der Waals surface area contributed by atoms with Gasteiger partial charge in [0.15, 0.2) is 0 Å². The number of halogens is 2. The average molecular weight is 409 g/mol. The lowest BCUT2D eigenvalue weighted by molar-refractivity contribution is -0.135. The SMILES string of the molecule is C[C@]1(c2ccc(Cl)cc2Cl)NC(=O)N(CC(=O)N[C@@](C)(C#N)C2CC2)C1=O. The van der Waals surface area contributed by atoms with E-state index in [9.17, 15) is 19.6 Å². The van der Waals surface area contributed by atoms with E-state index in [0.717, 1.165) is 17.7 Å². The molecule has 2 N–H and O–H groups in total. The van der Waals surface area contributed by atoms with Crippen LogP contribution in [0.3, 0.4) is 0 Å². The molecule has 1 aromatic rings. The summed E-state index contributed by atoms with van der Waals surface area (Å²) in [7, 11) is 0. The van der Waals surface area contributed by atoms with Crippen molar-refractivity contribution in [3.8, 4) is 6.07 Å². The first-order chi connectivity index (χ1) is 12.6. The highest BCUT2D eigenvalue weighted by Crippen LogP contribution is 2.39. The predicted molar refractivity (Wildman–Crippen MR) is 98.9 cm³/mol. The van der Waals surface area contributed by atoms with Gasteiger partial charge in [0.2, 0.25) is 5.91 Å². The molecule has 27 heavy (non-hydrogen) atoms. The van der Waals surface area contributed by atoms with Crippen molar-refractivity contribution in [2.45, 2.75) is 37.8 Å². The van der Waals surface area contributed by atoms with Gasteiger partial charge in [-0.15, -0.1) is 0 Å². The van der Waals surface area contributed by atoms with Crippen molar-refractivity contribution in [2.24, 2.45) is 5.92 Å². The molecule has 1 heterocycles. The molecular formula is C18H18Cl2N4O3. The van der Waals surface area contributed by atoms with Crippen molar-refractivity contribution in [2.75, 3.05) is 6.54 Å². The second-order valence-electron chi connectivity index (χ2n) is 7.21. The Labute approximate surface area is 166 Å². The van der Waals surface area contributed by atoms with Crippen LogP contribution >= 0.6 is 23.2 Å².